The first-order valence-corrected chi connectivity index (χ1v) is 8.50. The van der Waals surface area contributed by atoms with Gasteiger partial charge in [0.05, 0.1) is 5.39 Å². The van der Waals surface area contributed by atoms with Gasteiger partial charge in [-0.15, -0.1) is 0 Å². The van der Waals surface area contributed by atoms with E-state index in [0.717, 1.165) is 23.8 Å². The Morgan fingerprint density at radius 1 is 1.33 bits per heavy atom. The molecular weight excluding hydrogens is 397 g/mol. The average molecular weight is 404 g/mol. The highest BCUT2D eigenvalue weighted by molar-refractivity contribution is 7.08. The Balaban J connectivity index is 2.00. The van der Waals surface area contributed by atoms with Crippen molar-refractivity contribution in [2.75, 3.05) is 0 Å². The van der Waals surface area contributed by atoms with Gasteiger partial charge in [-0.3, -0.25) is 14.3 Å². The van der Waals surface area contributed by atoms with E-state index in [-0.39, 0.29) is 16.2 Å². The molecule has 0 radical (unpaired) electrons. The predicted molar refractivity (Wildman–Crippen MR) is 96.0 cm³/mol. The molecular formula is C16H7ClFN5O3S. The van der Waals surface area contributed by atoms with Crippen LogP contribution in [0.4, 0.5) is 4.39 Å². The highest BCUT2D eigenvalue weighted by Gasteiger charge is 2.20. The lowest BCUT2D eigenvalue weighted by molar-refractivity contribution is 0.0695. The van der Waals surface area contributed by atoms with E-state index in [0.29, 0.717) is 11.4 Å². The number of nitrogens with zero attached hydrogens (tertiary/aromatic N) is 5. The fourth-order valence-corrected chi connectivity index (χ4v) is 3.23. The van der Waals surface area contributed by atoms with Gasteiger partial charge < -0.3 is 5.11 Å². The van der Waals surface area contributed by atoms with Gasteiger partial charge in [-0.2, -0.15) is 9.36 Å². The minimum atomic E-state index is -1.46. The first-order chi connectivity index (χ1) is 13.0. The number of aromatic nitrogens is 5. The molecule has 0 unspecified atom stereocenters. The zero-order valence-electron chi connectivity index (χ0n) is 13.1. The largest absolute Gasteiger partial charge is 0.477 e. The number of hydrogen-bond donors (Lipinski definition) is 1. The van der Waals surface area contributed by atoms with Crippen LogP contribution in [0.25, 0.3) is 27.6 Å². The standard InChI is InChI=1S/C16H7ClFN5O3S/c17-12-10(18)4-8-11(24)9(15(25)26)6-23(14(8)20-12)16-21-13(22-27-16)7-2-1-3-19-5-7/h1-6H,(H,25,26). The van der Waals surface area contributed by atoms with Crippen LogP contribution in [0.2, 0.25) is 5.15 Å². The first-order valence-electron chi connectivity index (χ1n) is 7.35. The summed E-state index contributed by atoms with van der Waals surface area (Å²) < 4.78 is 19.3. The molecule has 0 amide bonds. The first kappa shape index (κ1) is 17.2. The highest BCUT2D eigenvalue weighted by Crippen LogP contribution is 2.24. The van der Waals surface area contributed by atoms with Gasteiger partial charge in [-0.05, 0) is 18.2 Å². The molecule has 0 aliphatic heterocycles. The maximum absolute atomic E-state index is 13.8. The van der Waals surface area contributed by atoms with Gasteiger partial charge >= 0.3 is 5.97 Å². The van der Waals surface area contributed by atoms with E-state index >= 15 is 0 Å². The molecule has 27 heavy (non-hydrogen) atoms. The zero-order valence-corrected chi connectivity index (χ0v) is 14.7. The van der Waals surface area contributed by atoms with Crippen LogP contribution in [0.15, 0.2) is 41.6 Å². The van der Waals surface area contributed by atoms with Gasteiger partial charge in [0, 0.05) is 35.7 Å². The smallest absolute Gasteiger partial charge is 0.341 e. The Bertz CT molecular complexity index is 1260. The molecule has 0 saturated carbocycles. The lowest BCUT2D eigenvalue weighted by Crippen LogP contribution is -2.19. The summed E-state index contributed by atoms with van der Waals surface area (Å²) in [4.78, 5) is 36.0. The Kier molecular flexibility index (Phi) is 4.13. The molecule has 11 heteroatoms. The van der Waals surface area contributed by atoms with Crippen LogP contribution in [0.3, 0.4) is 0 Å². The Morgan fingerprint density at radius 2 is 2.15 bits per heavy atom. The number of halogens is 2. The predicted octanol–water partition coefficient (Wildman–Crippen LogP) is 2.79. The minimum absolute atomic E-state index is 0.0229. The molecule has 4 aromatic rings. The number of rotatable bonds is 3. The summed E-state index contributed by atoms with van der Waals surface area (Å²) in [5.74, 6) is -2.02. The van der Waals surface area contributed by atoms with Gasteiger partial charge in [0.15, 0.2) is 22.4 Å². The molecule has 8 nitrogen and oxygen atoms in total. The molecule has 4 rings (SSSR count). The van der Waals surface area contributed by atoms with Gasteiger partial charge in [0.1, 0.15) is 5.56 Å². The van der Waals surface area contributed by atoms with Crippen molar-refractivity contribution < 1.29 is 14.3 Å². The molecule has 134 valence electrons. The number of aromatic carboxylic acids is 1. The molecule has 0 spiro atoms. The summed E-state index contributed by atoms with van der Waals surface area (Å²) in [5.41, 5.74) is -0.788. The third-order valence-corrected chi connectivity index (χ3v) is 4.64. The van der Waals surface area contributed by atoms with Crippen LogP contribution in [0.1, 0.15) is 10.4 Å². The van der Waals surface area contributed by atoms with Crippen molar-refractivity contribution in [3.05, 3.63) is 63.5 Å². The Morgan fingerprint density at radius 3 is 2.85 bits per heavy atom. The number of carbonyl (C=O) groups is 1. The van der Waals surface area contributed by atoms with Crippen molar-refractivity contribution >= 4 is 40.1 Å². The van der Waals surface area contributed by atoms with E-state index in [9.17, 15) is 19.1 Å². The van der Waals surface area contributed by atoms with Gasteiger partial charge in [-0.25, -0.2) is 14.2 Å². The molecule has 4 heterocycles. The zero-order chi connectivity index (χ0) is 19.1. The average Bonchev–Trinajstić information content (AvgIpc) is 3.14. The van der Waals surface area contributed by atoms with E-state index in [2.05, 4.69) is 19.3 Å². The van der Waals surface area contributed by atoms with Crippen LogP contribution in [-0.4, -0.2) is 35.0 Å². The quantitative estimate of drug-likeness (QED) is 0.523. The molecule has 4 aromatic heterocycles. The summed E-state index contributed by atoms with van der Waals surface area (Å²) in [6, 6.07) is 4.34. The van der Waals surface area contributed by atoms with Crippen LogP contribution in [-0.2, 0) is 0 Å². The van der Waals surface area contributed by atoms with E-state index in [1.165, 1.54) is 4.57 Å². The van der Waals surface area contributed by atoms with Gasteiger partial charge in [0.25, 0.3) is 0 Å². The maximum atomic E-state index is 13.8. The Hall–Kier alpha value is -3.24. The number of hydrogen-bond acceptors (Lipinski definition) is 7. The SMILES string of the molecule is O=C(O)c1cn(-c2nc(-c3cccnc3)ns2)c2nc(Cl)c(F)cc2c1=O. The van der Waals surface area contributed by atoms with Crippen molar-refractivity contribution in [2.24, 2.45) is 0 Å². The molecule has 0 aromatic carbocycles. The van der Waals surface area contributed by atoms with E-state index < -0.39 is 27.9 Å². The Labute approximate surface area is 158 Å². The summed E-state index contributed by atoms with van der Waals surface area (Å²) in [6.45, 7) is 0. The fraction of sp³-hybridized carbons (Fsp3) is 0. The third kappa shape index (κ3) is 2.94. The van der Waals surface area contributed by atoms with Crippen molar-refractivity contribution in [3.63, 3.8) is 0 Å². The highest BCUT2D eigenvalue weighted by atomic mass is 35.5. The van der Waals surface area contributed by atoms with Crippen molar-refractivity contribution in [1.29, 1.82) is 0 Å². The van der Waals surface area contributed by atoms with Gasteiger partial charge in [-0.1, -0.05) is 11.6 Å². The summed E-state index contributed by atoms with van der Waals surface area (Å²) >= 11 is 6.70. The lowest BCUT2D eigenvalue weighted by atomic mass is 10.2. The monoisotopic (exact) mass is 403 g/mol. The van der Waals surface area contributed by atoms with Crippen LogP contribution in [0, 0.1) is 5.82 Å². The number of pyridine rings is 3. The topological polar surface area (TPSA) is 111 Å². The third-order valence-electron chi connectivity index (χ3n) is 3.66. The molecule has 1 N–H and O–H groups in total. The molecule has 0 fully saturated rings. The number of carboxylic acid groups (broad SMARTS) is 1. The number of fused-ring (bicyclic) bond motifs is 1. The second-order valence-electron chi connectivity index (χ2n) is 5.32. The van der Waals surface area contributed by atoms with Crippen molar-refractivity contribution in [2.45, 2.75) is 0 Å². The van der Waals surface area contributed by atoms with Crippen LogP contribution < -0.4 is 5.43 Å². The lowest BCUT2D eigenvalue weighted by Gasteiger charge is -2.08. The maximum Gasteiger partial charge on any atom is 0.341 e. The van der Waals surface area contributed by atoms with Crippen LogP contribution >= 0.6 is 23.1 Å². The van der Waals surface area contributed by atoms with Crippen LogP contribution in [0.5, 0.6) is 0 Å². The minimum Gasteiger partial charge on any atom is -0.477 e. The molecule has 0 aliphatic rings. The molecule has 0 bridgehead atoms. The van der Waals surface area contributed by atoms with Crippen molar-refractivity contribution in [1.82, 2.24) is 23.9 Å². The molecule has 0 aliphatic carbocycles. The number of carboxylic acids is 1. The second-order valence-corrected chi connectivity index (χ2v) is 6.41. The normalized spacial score (nSPS) is 11.0. The molecule has 0 saturated heterocycles. The van der Waals surface area contributed by atoms with Gasteiger partial charge in [0.2, 0.25) is 10.6 Å². The van der Waals surface area contributed by atoms with Crippen molar-refractivity contribution in [3.8, 4) is 16.5 Å². The van der Waals surface area contributed by atoms with E-state index in [1.54, 1.807) is 24.5 Å². The summed E-state index contributed by atoms with van der Waals surface area (Å²) in [5, 5.41) is 8.87. The fourth-order valence-electron chi connectivity index (χ4n) is 2.43. The summed E-state index contributed by atoms with van der Waals surface area (Å²) in [7, 11) is 0. The second kappa shape index (κ2) is 6.49. The molecule has 0 atom stereocenters. The van der Waals surface area contributed by atoms with E-state index in [1.807, 2.05) is 0 Å². The summed E-state index contributed by atoms with van der Waals surface area (Å²) in [6.07, 6.45) is 4.25. The van der Waals surface area contributed by atoms with E-state index in [4.69, 9.17) is 11.6 Å².